The van der Waals surface area contributed by atoms with Gasteiger partial charge in [-0.1, -0.05) is 29.2 Å². The van der Waals surface area contributed by atoms with Gasteiger partial charge in [0.15, 0.2) is 0 Å². The summed E-state index contributed by atoms with van der Waals surface area (Å²) in [6, 6.07) is 12.7. The first-order valence-electron chi connectivity index (χ1n) is 5.21. The summed E-state index contributed by atoms with van der Waals surface area (Å²) in [4.78, 5) is 0. The summed E-state index contributed by atoms with van der Waals surface area (Å²) in [6.45, 7) is 0.517. The summed E-state index contributed by atoms with van der Waals surface area (Å²) >= 11 is 5.81. The SMILES string of the molecule is [B]c1cc(Cl)ccc1Oc1ccc(CN)cc1. The van der Waals surface area contributed by atoms with Crippen molar-refractivity contribution in [3.63, 3.8) is 0 Å². The first-order chi connectivity index (χ1) is 8.19. The van der Waals surface area contributed by atoms with Gasteiger partial charge in [0.1, 0.15) is 19.3 Å². The van der Waals surface area contributed by atoms with Crippen molar-refractivity contribution < 1.29 is 4.74 Å². The molecule has 0 amide bonds. The molecule has 4 heteroatoms. The number of halogens is 1. The van der Waals surface area contributed by atoms with Crippen LogP contribution < -0.4 is 15.9 Å². The molecule has 84 valence electrons. The summed E-state index contributed by atoms with van der Waals surface area (Å²) < 4.78 is 5.64. The zero-order chi connectivity index (χ0) is 12.3. The predicted octanol–water partition coefficient (Wildman–Crippen LogP) is 2.38. The molecular weight excluding hydrogens is 232 g/mol. The third kappa shape index (κ3) is 3.02. The molecule has 0 bridgehead atoms. The largest absolute Gasteiger partial charge is 0.458 e. The van der Waals surface area contributed by atoms with Gasteiger partial charge in [-0.3, -0.25) is 0 Å². The first-order valence-corrected chi connectivity index (χ1v) is 5.59. The van der Waals surface area contributed by atoms with Gasteiger partial charge in [-0.05, 0) is 35.9 Å². The van der Waals surface area contributed by atoms with Gasteiger partial charge in [-0.25, -0.2) is 0 Å². The van der Waals surface area contributed by atoms with E-state index >= 15 is 0 Å². The highest BCUT2D eigenvalue weighted by Crippen LogP contribution is 2.21. The second-order valence-electron chi connectivity index (χ2n) is 3.63. The highest BCUT2D eigenvalue weighted by atomic mass is 35.5. The fourth-order valence-corrected chi connectivity index (χ4v) is 1.61. The number of rotatable bonds is 3. The molecule has 2 N–H and O–H groups in total. The normalized spacial score (nSPS) is 10.2. The zero-order valence-electron chi connectivity index (χ0n) is 9.19. The number of hydrogen-bond acceptors (Lipinski definition) is 2. The van der Waals surface area contributed by atoms with Gasteiger partial charge in [0.2, 0.25) is 0 Å². The molecule has 0 fully saturated rings. The molecule has 0 unspecified atom stereocenters. The lowest BCUT2D eigenvalue weighted by molar-refractivity contribution is 0.486. The van der Waals surface area contributed by atoms with Gasteiger partial charge in [0.25, 0.3) is 0 Å². The molecular formula is C13H11BClNO. The topological polar surface area (TPSA) is 35.2 Å². The van der Waals surface area contributed by atoms with Crippen molar-refractivity contribution in [1.29, 1.82) is 0 Å². The number of hydrogen-bond donors (Lipinski definition) is 1. The van der Waals surface area contributed by atoms with E-state index in [4.69, 9.17) is 29.9 Å². The van der Waals surface area contributed by atoms with Crippen LogP contribution in [0.3, 0.4) is 0 Å². The quantitative estimate of drug-likeness (QED) is 0.840. The van der Waals surface area contributed by atoms with Crippen LogP contribution in [0, 0.1) is 0 Å². The fourth-order valence-electron chi connectivity index (χ4n) is 1.43. The van der Waals surface area contributed by atoms with Gasteiger partial charge in [0, 0.05) is 11.6 Å². The van der Waals surface area contributed by atoms with E-state index in [1.165, 1.54) is 0 Å². The Kier molecular flexibility index (Phi) is 3.72. The molecule has 17 heavy (non-hydrogen) atoms. The third-order valence-corrected chi connectivity index (χ3v) is 2.59. The van der Waals surface area contributed by atoms with Crippen molar-refractivity contribution in [2.24, 2.45) is 5.73 Å². The minimum Gasteiger partial charge on any atom is -0.458 e. The molecule has 2 nitrogen and oxygen atoms in total. The Hall–Kier alpha value is -1.45. The van der Waals surface area contributed by atoms with Crippen molar-refractivity contribution in [3.8, 4) is 11.5 Å². The van der Waals surface area contributed by atoms with E-state index in [0.29, 0.717) is 22.8 Å². The minimum absolute atomic E-state index is 0.514. The molecule has 0 aliphatic heterocycles. The summed E-state index contributed by atoms with van der Waals surface area (Å²) in [5.74, 6) is 1.31. The molecule has 0 aliphatic carbocycles. The van der Waals surface area contributed by atoms with Crippen LogP contribution in [0.25, 0.3) is 0 Å². The van der Waals surface area contributed by atoms with E-state index in [2.05, 4.69) is 0 Å². The summed E-state index contributed by atoms with van der Waals surface area (Å²) in [7, 11) is 5.80. The summed E-state index contributed by atoms with van der Waals surface area (Å²) in [5, 5.41) is 0.591. The molecule has 0 spiro atoms. The van der Waals surface area contributed by atoms with Gasteiger partial charge in [-0.2, -0.15) is 0 Å². The van der Waals surface area contributed by atoms with Gasteiger partial charge >= 0.3 is 0 Å². The molecule has 2 rings (SSSR count). The van der Waals surface area contributed by atoms with Crippen molar-refractivity contribution >= 4 is 24.9 Å². The highest BCUT2D eigenvalue weighted by molar-refractivity contribution is 6.37. The van der Waals surface area contributed by atoms with E-state index in [1.807, 2.05) is 24.3 Å². The zero-order valence-corrected chi connectivity index (χ0v) is 9.95. The maximum Gasteiger partial charge on any atom is 0.127 e. The van der Waals surface area contributed by atoms with Crippen LogP contribution in [0.1, 0.15) is 5.56 Å². The maximum absolute atomic E-state index is 5.81. The number of nitrogens with two attached hydrogens (primary N) is 1. The first kappa shape index (κ1) is 12.0. The molecule has 0 heterocycles. The number of ether oxygens (including phenoxy) is 1. The Labute approximate surface area is 107 Å². The average Bonchev–Trinajstić information content (AvgIpc) is 2.34. The van der Waals surface area contributed by atoms with Gasteiger partial charge in [-0.15, -0.1) is 0 Å². The van der Waals surface area contributed by atoms with E-state index in [-0.39, 0.29) is 0 Å². The standard InChI is InChI=1S/C13H11BClNO/c14-12-7-10(15)3-6-13(12)17-11-4-1-9(8-16)2-5-11/h1-7H,8,16H2. The van der Waals surface area contributed by atoms with Crippen LogP contribution >= 0.6 is 11.6 Å². The monoisotopic (exact) mass is 243 g/mol. The van der Waals surface area contributed by atoms with Crippen LogP contribution in [0.5, 0.6) is 11.5 Å². The van der Waals surface area contributed by atoms with Crippen LogP contribution in [0.4, 0.5) is 0 Å². The lowest BCUT2D eigenvalue weighted by Gasteiger charge is -2.09. The van der Waals surface area contributed by atoms with Gasteiger partial charge in [0.05, 0.1) is 0 Å². The Morgan fingerprint density at radius 3 is 2.41 bits per heavy atom. The van der Waals surface area contributed by atoms with Crippen LogP contribution in [0.2, 0.25) is 5.02 Å². The lowest BCUT2D eigenvalue weighted by Crippen LogP contribution is -2.06. The summed E-state index contributed by atoms with van der Waals surface area (Å²) in [5.41, 5.74) is 7.09. The highest BCUT2D eigenvalue weighted by Gasteiger charge is 2.01. The van der Waals surface area contributed by atoms with Crippen molar-refractivity contribution in [3.05, 3.63) is 53.1 Å². The van der Waals surface area contributed by atoms with E-state index in [9.17, 15) is 0 Å². The van der Waals surface area contributed by atoms with E-state index < -0.39 is 0 Å². The molecule has 0 aromatic heterocycles. The second-order valence-corrected chi connectivity index (χ2v) is 4.07. The van der Waals surface area contributed by atoms with E-state index in [0.717, 1.165) is 11.3 Å². The van der Waals surface area contributed by atoms with Crippen molar-refractivity contribution in [2.75, 3.05) is 0 Å². The third-order valence-electron chi connectivity index (χ3n) is 2.36. The van der Waals surface area contributed by atoms with Crippen LogP contribution in [0.15, 0.2) is 42.5 Å². The molecule has 2 radical (unpaired) electrons. The predicted molar refractivity (Wildman–Crippen MR) is 71.2 cm³/mol. The maximum atomic E-state index is 5.81. The summed E-state index contributed by atoms with van der Waals surface area (Å²) in [6.07, 6.45) is 0. The molecule has 0 atom stereocenters. The van der Waals surface area contributed by atoms with E-state index in [1.54, 1.807) is 18.2 Å². The lowest BCUT2D eigenvalue weighted by atomic mass is 9.95. The Morgan fingerprint density at radius 2 is 1.82 bits per heavy atom. The minimum atomic E-state index is 0.514. The van der Waals surface area contributed by atoms with Crippen LogP contribution in [-0.4, -0.2) is 7.85 Å². The average molecular weight is 244 g/mol. The fraction of sp³-hybridized carbons (Fsp3) is 0.0769. The smallest absolute Gasteiger partial charge is 0.127 e. The van der Waals surface area contributed by atoms with Gasteiger partial charge < -0.3 is 10.5 Å². The molecule has 0 aliphatic rings. The Bertz CT molecular complexity index is 513. The molecule has 0 saturated carbocycles. The van der Waals surface area contributed by atoms with Crippen LogP contribution in [-0.2, 0) is 6.54 Å². The second kappa shape index (κ2) is 5.26. The van der Waals surface area contributed by atoms with Crippen molar-refractivity contribution in [1.82, 2.24) is 0 Å². The Morgan fingerprint density at radius 1 is 1.12 bits per heavy atom. The molecule has 2 aromatic rings. The molecule has 0 saturated heterocycles. The Balaban J connectivity index is 2.19. The number of benzene rings is 2. The molecule has 2 aromatic carbocycles. The van der Waals surface area contributed by atoms with Crippen molar-refractivity contribution in [2.45, 2.75) is 6.54 Å².